The lowest BCUT2D eigenvalue weighted by Gasteiger charge is -2.36. The number of H-pyrrole nitrogens is 1. The number of carbonyl (C=O) groups is 3. The van der Waals surface area contributed by atoms with Crippen LogP contribution in [0.3, 0.4) is 0 Å². The Hall–Kier alpha value is -4.69. The van der Waals surface area contributed by atoms with Crippen LogP contribution in [0.5, 0.6) is 0 Å². The van der Waals surface area contributed by atoms with Gasteiger partial charge in [0.05, 0.1) is 34.3 Å². The van der Waals surface area contributed by atoms with Crippen molar-refractivity contribution in [1.29, 1.82) is 5.26 Å². The summed E-state index contributed by atoms with van der Waals surface area (Å²) in [6, 6.07) is 13.0. The van der Waals surface area contributed by atoms with Crippen LogP contribution in [0.1, 0.15) is 35.8 Å². The van der Waals surface area contributed by atoms with Crippen molar-refractivity contribution in [2.75, 3.05) is 18.9 Å². The average molecular weight is 489 g/mol. The van der Waals surface area contributed by atoms with Gasteiger partial charge in [0, 0.05) is 29.9 Å². The molecule has 1 aliphatic rings. The van der Waals surface area contributed by atoms with E-state index in [1.54, 1.807) is 0 Å². The summed E-state index contributed by atoms with van der Waals surface area (Å²) in [7, 11) is 2.01. The number of aromatic nitrogens is 2. The van der Waals surface area contributed by atoms with E-state index in [9.17, 15) is 24.8 Å². The Balaban J connectivity index is 1.48. The summed E-state index contributed by atoms with van der Waals surface area (Å²) in [5, 5.41) is 33.4. The van der Waals surface area contributed by atoms with Crippen LogP contribution in [0.2, 0.25) is 0 Å². The zero-order valence-electron chi connectivity index (χ0n) is 19.4. The summed E-state index contributed by atoms with van der Waals surface area (Å²) >= 11 is 0. The summed E-state index contributed by atoms with van der Waals surface area (Å²) in [6.07, 6.45) is 1.87. The highest BCUT2D eigenvalue weighted by Crippen LogP contribution is 2.30. The number of fused-ring (bicyclic) bond motifs is 1. The quantitative estimate of drug-likeness (QED) is 0.330. The first-order valence-corrected chi connectivity index (χ1v) is 11.2. The summed E-state index contributed by atoms with van der Waals surface area (Å²) in [6.45, 7) is 0.746. The number of anilines is 1. The molecule has 2 amide bonds. The third-order valence-electron chi connectivity index (χ3n) is 6.11. The number of carboxylic acid groups (broad SMARTS) is 2. The van der Waals surface area contributed by atoms with Crippen molar-refractivity contribution < 1.29 is 24.6 Å². The van der Waals surface area contributed by atoms with E-state index < -0.39 is 23.5 Å². The smallest absolute Gasteiger partial charge is 0.336 e. The van der Waals surface area contributed by atoms with E-state index >= 15 is 0 Å². The summed E-state index contributed by atoms with van der Waals surface area (Å²) in [5.74, 6) is -2.14. The minimum absolute atomic E-state index is 0.0164. The minimum atomic E-state index is -1.50. The van der Waals surface area contributed by atoms with Gasteiger partial charge in [0.15, 0.2) is 0 Å². The lowest BCUT2D eigenvalue weighted by molar-refractivity contribution is -0.133. The second-order valence-electron chi connectivity index (χ2n) is 8.53. The van der Waals surface area contributed by atoms with Crippen LogP contribution in [0.25, 0.3) is 16.6 Å². The number of nitrogens with zero attached hydrogens (tertiary/aromatic N) is 3. The Morgan fingerprint density at radius 1 is 1.22 bits per heavy atom. The Kier molecular flexibility index (Phi) is 6.98. The maximum Gasteiger partial charge on any atom is 0.336 e. The van der Waals surface area contributed by atoms with Crippen LogP contribution in [0.15, 0.2) is 48.5 Å². The number of aliphatic carboxylic acids is 2. The second-order valence-corrected chi connectivity index (χ2v) is 8.53. The van der Waals surface area contributed by atoms with Gasteiger partial charge in [-0.15, -0.1) is 0 Å². The van der Waals surface area contributed by atoms with Gasteiger partial charge in [0.2, 0.25) is 0 Å². The van der Waals surface area contributed by atoms with Crippen LogP contribution >= 0.6 is 0 Å². The topological polar surface area (TPSA) is 171 Å². The maximum absolute atomic E-state index is 12.7. The number of amides is 2. The monoisotopic (exact) mass is 488 g/mol. The fourth-order valence-electron chi connectivity index (χ4n) is 4.34. The number of benzene rings is 2. The third kappa shape index (κ3) is 5.34. The maximum atomic E-state index is 12.7. The molecule has 0 aliphatic carbocycles. The number of aromatic amines is 1. The largest absolute Gasteiger partial charge is 0.478 e. The fourth-order valence-corrected chi connectivity index (χ4v) is 4.34. The van der Waals surface area contributed by atoms with Crippen molar-refractivity contribution in [2.45, 2.75) is 24.9 Å². The number of nitriles is 1. The molecular weight excluding hydrogens is 464 g/mol. The minimum Gasteiger partial charge on any atom is -0.478 e. The highest BCUT2D eigenvalue weighted by Gasteiger charge is 2.30. The van der Waals surface area contributed by atoms with E-state index in [0.717, 1.165) is 29.8 Å². The van der Waals surface area contributed by atoms with Gasteiger partial charge in [-0.25, -0.2) is 19.4 Å². The van der Waals surface area contributed by atoms with Crippen LogP contribution in [-0.4, -0.2) is 62.7 Å². The number of likely N-dealkylation sites (tertiary alicyclic amines) is 1. The Morgan fingerprint density at radius 2 is 2.00 bits per heavy atom. The molecular formula is C25H24N6O5. The van der Waals surface area contributed by atoms with Gasteiger partial charge in [-0.05, 0) is 50.2 Å². The molecule has 1 saturated heterocycles. The van der Waals surface area contributed by atoms with Crippen molar-refractivity contribution in [2.24, 2.45) is 0 Å². The van der Waals surface area contributed by atoms with Crippen molar-refractivity contribution >= 4 is 40.3 Å². The van der Waals surface area contributed by atoms with E-state index in [4.69, 9.17) is 10.1 Å². The standard InChI is InChI=1S/C25H24N6O5/c1-31-9-8-16(11-21(31)23-29-19-4-2-3-5-20(19)30-23)28-25(36)27-15-7-6-14(13-26)17(10-15)18(24(34)35)12-22(32)33/h2-7,10,12,16,21H,8-9,11H2,1H3,(H,29,30)(H,32,33)(H,34,35)(H2,27,28,36)/b18-12-/t16-,21?/m1/s1. The predicted octanol–water partition coefficient (Wildman–Crippen LogP) is 2.94. The van der Waals surface area contributed by atoms with Crippen molar-refractivity contribution in [1.82, 2.24) is 20.2 Å². The first-order chi connectivity index (χ1) is 17.2. The number of urea groups is 1. The second kappa shape index (κ2) is 10.3. The lowest BCUT2D eigenvalue weighted by atomic mass is 9.97. The number of carboxylic acids is 2. The molecule has 11 heteroatoms. The molecule has 11 nitrogen and oxygen atoms in total. The van der Waals surface area contributed by atoms with Crippen molar-refractivity contribution in [3.8, 4) is 6.07 Å². The Bertz CT molecular complexity index is 1370. The molecule has 2 atom stereocenters. The van der Waals surface area contributed by atoms with Crippen LogP contribution in [0, 0.1) is 11.3 Å². The highest BCUT2D eigenvalue weighted by molar-refractivity contribution is 6.20. The molecule has 0 bridgehead atoms. The molecule has 36 heavy (non-hydrogen) atoms. The summed E-state index contributed by atoms with van der Waals surface area (Å²) in [4.78, 5) is 45.6. The zero-order chi connectivity index (χ0) is 25.8. The highest BCUT2D eigenvalue weighted by atomic mass is 16.4. The number of para-hydroxylation sites is 2. The summed E-state index contributed by atoms with van der Waals surface area (Å²) in [5.41, 5.74) is 1.35. The molecule has 1 fully saturated rings. The molecule has 2 heterocycles. The van der Waals surface area contributed by atoms with E-state index in [-0.39, 0.29) is 28.9 Å². The van der Waals surface area contributed by atoms with Gasteiger partial charge in [-0.2, -0.15) is 5.26 Å². The molecule has 0 saturated carbocycles. The average Bonchev–Trinajstić information content (AvgIpc) is 3.27. The van der Waals surface area contributed by atoms with Crippen LogP contribution in [-0.2, 0) is 9.59 Å². The van der Waals surface area contributed by atoms with Gasteiger partial charge < -0.3 is 25.8 Å². The summed E-state index contributed by atoms with van der Waals surface area (Å²) < 4.78 is 0. The van der Waals surface area contributed by atoms with E-state index in [2.05, 4.69) is 20.5 Å². The van der Waals surface area contributed by atoms with Gasteiger partial charge in [0.1, 0.15) is 5.82 Å². The number of carbonyl (C=O) groups excluding carboxylic acids is 1. The molecule has 1 aliphatic heterocycles. The molecule has 0 radical (unpaired) electrons. The van der Waals surface area contributed by atoms with Crippen LogP contribution < -0.4 is 10.6 Å². The van der Waals surface area contributed by atoms with Gasteiger partial charge in [-0.3, -0.25) is 4.90 Å². The first-order valence-electron chi connectivity index (χ1n) is 11.2. The molecule has 3 aromatic rings. The number of hydrogen-bond acceptors (Lipinski definition) is 6. The molecule has 184 valence electrons. The normalized spacial score (nSPS) is 18.4. The number of hydrogen-bond donors (Lipinski definition) is 5. The number of piperidine rings is 1. The fraction of sp³-hybridized carbons (Fsp3) is 0.240. The molecule has 4 rings (SSSR count). The number of nitrogens with one attached hydrogen (secondary N) is 3. The van der Waals surface area contributed by atoms with Gasteiger partial charge in [-0.1, -0.05) is 12.1 Å². The molecule has 0 spiro atoms. The number of imidazole rings is 1. The lowest BCUT2D eigenvalue weighted by Crippen LogP contribution is -2.46. The van der Waals surface area contributed by atoms with Crippen LogP contribution in [0.4, 0.5) is 10.5 Å². The van der Waals surface area contributed by atoms with Crippen molar-refractivity contribution in [3.63, 3.8) is 0 Å². The van der Waals surface area contributed by atoms with E-state index in [1.807, 2.05) is 37.4 Å². The third-order valence-corrected chi connectivity index (χ3v) is 6.11. The van der Waals surface area contributed by atoms with Gasteiger partial charge >= 0.3 is 18.0 Å². The first kappa shape index (κ1) is 24.4. The van der Waals surface area contributed by atoms with E-state index in [1.165, 1.54) is 18.2 Å². The molecule has 1 aromatic heterocycles. The van der Waals surface area contributed by atoms with Gasteiger partial charge in [0.25, 0.3) is 0 Å². The van der Waals surface area contributed by atoms with Crippen molar-refractivity contribution in [3.05, 3.63) is 65.5 Å². The molecule has 2 aromatic carbocycles. The predicted molar refractivity (Wildman–Crippen MR) is 131 cm³/mol. The molecule has 1 unspecified atom stereocenters. The zero-order valence-corrected chi connectivity index (χ0v) is 19.4. The molecule has 5 N–H and O–H groups in total. The Labute approximate surface area is 206 Å². The van der Waals surface area contributed by atoms with E-state index in [0.29, 0.717) is 12.5 Å². The SMILES string of the molecule is CN1CC[C@@H](NC(=O)Nc2ccc(C#N)c(/C(=C/C(=O)O)C(=O)O)c2)CC1c1nc2ccccc2[nH]1. The number of rotatable bonds is 6. The Morgan fingerprint density at radius 3 is 2.69 bits per heavy atom.